The molecule has 0 amide bonds. The summed E-state index contributed by atoms with van der Waals surface area (Å²) in [7, 11) is 1.96. The lowest BCUT2D eigenvalue weighted by Gasteiger charge is -2.03. The molecule has 0 aromatic rings. The van der Waals surface area contributed by atoms with Gasteiger partial charge >= 0.3 is 0 Å². The van der Waals surface area contributed by atoms with Gasteiger partial charge in [-0.3, -0.25) is 0 Å². The monoisotopic (exact) mass is 135 g/mol. The highest BCUT2D eigenvalue weighted by molar-refractivity contribution is 5.18. The average Bonchev–Trinajstić information content (AvgIpc) is 1.87. The molecule has 0 unspecified atom stereocenters. The Morgan fingerprint density at radius 1 is 1.30 bits per heavy atom. The molecule has 1 aliphatic carbocycles. The largest absolute Gasteiger partial charge is 0.391 e. The first-order valence-electron chi connectivity index (χ1n) is 3.63. The molecule has 0 heterocycles. The molecule has 10 heavy (non-hydrogen) atoms. The molecule has 1 aliphatic rings. The van der Waals surface area contributed by atoms with E-state index in [2.05, 4.69) is 35.7 Å². The van der Waals surface area contributed by atoms with Gasteiger partial charge in [0.05, 0.1) is 0 Å². The molecule has 0 aromatic carbocycles. The van der Waals surface area contributed by atoms with Gasteiger partial charge in [-0.2, -0.15) is 0 Å². The summed E-state index contributed by atoms with van der Waals surface area (Å²) in [6, 6.07) is 0. The van der Waals surface area contributed by atoms with Crippen LogP contribution in [0.2, 0.25) is 0 Å². The number of hydrogen-bond donors (Lipinski definition) is 1. The van der Waals surface area contributed by atoms with E-state index in [0.717, 1.165) is 12.8 Å². The summed E-state index contributed by atoms with van der Waals surface area (Å²) in [6.07, 6.45) is 12.7. The third-order valence-electron chi connectivity index (χ3n) is 1.56. The quantitative estimate of drug-likeness (QED) is 0.580. The zero-order valence-electron chi connectivity index (χ0n) is 6.30. The van der Waals surface area contributed by atoms with Crippen LogP contribution in [0.4, 0.5) is 0 Å². The topological polar surface area (TPSA) is 12.0 Å². The highest BCUT2D eigenvalue weighted by Gasteiger charge is 1.90. The summed E-state index contributed by atoms with van der Waals surface area (Å²) in [5.41, 5.74) is 1.31. The average molecular weight is 135 g/mol. The lowest BCUT2D eigenvalue weighted by Crippen LogP contribution is -2.04. The maximum absolute atomic E-state index is 3.15. The normalized spacial score (nSPS) is 29.1. The Morgan fingerprint density at radius 2 is 2.20 bits per heavy atom. The van der Waals surface area contributed by atoms with E-state index in [4.69, 9.17) is 0 Å². The molecular formula is C9H13N. The summed E-state index contributed by atoms with van der Waals surface area (Å²) in [6.45, 7) is 0. The molecule has 1 N–H and O–H groups in total. The Bertz CT molecular complexity index is 175. The molecule has 0 atom stereocenters. The number of rotatable bonds is 1. The van der Waals surface area contributed by atoms with Crippen LogP contribution in [0.25, 0.3) is 0 Å². The molecule has 0 spiro atoms. The van der Waals surface area contributed by atoms with Crippen molar-refractivity contribution in [3.63, 3.8) is 0 Å². The molecule has 0 saturated heterocycles. The number of nitrogens with one attached hydrogen (secondary N) is 1. The second kappa shape index (κ2) is 3.94. The predicted octanol–water partition coefficient (Wildman–Crippen LogP) is 2.00. The Kier molecular flexibility index (Phi) is 2.81. The van der Waals surface area contributed by atoms with Crippen molar-refractivity contribution in [1.82, 2.24) is 5.32 Å². The van der Waals surface area contributed by atoms with Gasteiger partial charge in [0.15, 0.2) is 0 Å². The van der Waals surface area contributed by atoms with Crippen molar-refractivity contribution < 1.29 is 0 Å². The van der Waals surface area contributed by atoms with Crippen molar-refractivity contribution in [2.45, 2.75) is 12.8 Å². The third-order valence-corrected chi connectivity index (χ3v) is 1.56. The van der Waals surface area contributed by atoms with Crippen molar-refractivity contribution in [3.8, 4) is 0 Å². The Hall–Kier alpha value is -0.980. The molecule has 0 saturated carbocycles. The standard InChI is InChI=1S/C9H13N/c1-10-9-7-5-3-2-4-6-8-9/h2-5,7,10H,6,8H2,1H3/b4-2-,5-3-,9-7+. The zero-order valence-corrected chi connectivity index (χ0v) is 6.30. The fourth-order valence-electron chi connectivity index (χ4n) is 0.941. The maximum atomic E-state index is 3.15. The SMILES string of the molecule is CN/C1=C/C=C\C=C/CC1. The highest BCUT2D eigenvalue weighted by Crippen LogP contribution is 2.04. The molecule has 1 rings (SSSR count). The summed E-state index contributed by atoms with van der Waals surface area (Å²) < 4.78 is 0. The van der Waals surface area contributed by atoms with Crippen LogP contribution < -0.4 is 5.32 Å². The molecule has 0 fully saturated rings. The minimum atomic E-state index is 1.12. The smallest absolute Gasteiger partial charge is 0.0107 e. The lowest BCUT2D eigenvalue weighted by atomic mass is 10.2. The highest BCUT2D eigenvalue weighted by atomic mass is 14.8. The van der Waals surface area contributed by atoms with E-state index in [1.54, 1.807) is 0 Å². The first-order chi connectivity index (χ1) is 4.93. The van der Waals surface area contributed by atoms with Crippen molar-refractivity contribution in [1.29, 1.82) is 0 Å². The summed E-state index contributed by atoms with van der Waals surface area (Å²) in [5, 5.41) is 3.15. The Morgan fingerprint density at radius 3 is 3.00 bits per heavy atom. The van der Waals surface area contributed by atoms with E-state index in [9.17, 15) is 0 Å². The van der Waals surface area contributed by atoms with E-state index in [0.29, 0.717) is 0 Å². The van der Waals surface area contributed by atoms with Crippen LogP contribution in [0.15, 0.2) is 36.1 Å². The van der Waals surface area contributed by atoms with Gasteiger partial charge in [-0.1, -0.05) is 24.3 Å². The first kappa shape index (κ1) is 7.13. The van der Waals surface area contributed by atoms with Crippen LogP contribution in [-0.4, -0.2) is 7.05 Å². The van der Waals surface area contributed by atoms with Crippen LogP contribution in [0.1, 0.15) is 12.8 Å². The van der Waals surface area contributed by atoms with Crippen molar-refractivity contribution in [3.05, 3.63) is 36.1 Å². The molecule has 54 valence electrons. The van der Waals surface area contributed by atoms with Crippen LogP contribution in [-0.2, 0) is 0 Å². The van der Waals surface area contributed by atoms with E-state index >= 15 is 0 Å². The molecule has 0 aromatic heterocycles. The van der Waals surface area contributed by atoms with Gasteiger partial charge in [0.2, 0.25) is 0 Å². The molecule has 0 bridgehead atoms. The maximum Gasteiger partial charge on any atom is 0.0107 e. The number of hydrogen-bond acceptors (Lipinski definition) is 1. The fourth-order valence-corrected chi connectivity index (χ4v) is 0.941. The van der Waals surface area contributed by atoms with E-state index in [-0.39, 0.29) is 0 Å². The zero-order chi connectivity index (χ0) is 7.23. The molecular weight excluding hydrogens is 122 g/mol. The minimum Gasteiger partial charge on any atom is -0.391 e. The molecule has 1 heteroatoms. The van der Waals surface area contributed by atoms with E-state index in [1.807, 2.05) is 7.05 Å². The van der Waals surface area contributed by atoms with Crippen molar-refractivity contribution >= 4 is 0 Å². The van der Waals surface area contributed by atoms with Crippen LogP contribution in [0, 0.1) is 0 Å². The van der Waals surface area contributed by atoms with Crippen LogP contribution >= 0.6 is 0 Å². The second-order valence-electron chi connectivity index (χ2n) is 2.29. The summed E-state index contributed by atoms with van der Waals surface area (Å²) in [4.78, 5) is 0. The molecule has 0 aliphatic heterocycles. The van der Waals surface area contributed by atoms with Gasteiger partial charge in [-0.15, -0.1) is 0 Å². The van der Waals surface area contributed by atoms with E-state index < -0.39 is 0 Å². The summed E-state index contributed by atoms with van der Waals surface area (Å²) in [5.74, 6) is 0. The third kappa shape index (κ3) is 2.09. The first-order valence-corrected chi connectivity index (χ1v) is 3.63. The Labute approximate surface area is 62.1 Å². The summed E-state index contributed by atoms with van der Waals surface area (Å²) >= 11 is 0. The van der Waals surface area contributed by atoms with Gasteiger partial charge in [0.25, 0.3) is 0 Å². The Balaban J connectivity index is 2.59. The van der Waals surface area contributed by atoms with Gasteiger partial charge in [-0.05, 0) is 18.9 Å². The van der Waals surface area contributed by atoms with Gasteiger partial charge in [0.1, 0.15) is 0 Å². The fraction of sp³-hybridized carbons (Fsp3) is 0.333. The van der Waals surface area contributed by atoms with E-state index in [1.165, 1.54) is 5.70 Å². The predicted molar refractivity (Wildman–Crippen MR) is 44.7 cm³/mol. The minimum absolute atomic E-state index is 1.12. The van der Waals surface area contributed by atoms with Crippen molar-refractivity contribution in [2.75, 3.05) is 7.05 Å². The van der Waals surface area contributed by atoms with Crippen LogP contribution in [0.3, 0.4) is 0 Å². The molecule has 1 nitrogen and oxygen atoms in total. The molecule has 0 radical (unpaired) electrons. The second-order valence-corrected chi connectivity index (χ2v) is 2.29. The van der Waals surface area contributed by atoms with Crippen LogP contribution in [0.5, 0.6) is 0 Å². The van der Waals surface area contributed by atoms with Gasteiger partial charge in [-0.25, -0.2) is 0 Å². The van der Waals surface area contributed by atoms with Gasteiger partial charge < -0.3 is 5.32 Å². The lowest BCUT2D eigenvalue weighted by molar-refractivity contribution is 0.851. The number of allylic oxidation sites excluding steroid dienone is 6. The van der Waals surface area contributed by atoms with Gasteiger partial charge in [0, 0.05) is 12.7 Å². The van der Waals surface area contributed by atoms with Crippen molar-refractivity contribution in [2.24, 2.45) is 0 Å².